The largest absolute Gasteiger partial charge is 0.256 e. The van der Waals surface area contributed by atoms with Crippen LogP contribution in [0.4, 0.5) is 5.69 Å². The van der Waals surface area contributed by atoms with E-state index in [9.17, 15) is 0 Å². The van der Waals surface area contributed by atoms with Crippen molar-refractivity contribution in [1.82, 2.24) is 0 Å². The topological polar surface area (TPSA) is 12.4 Å². The average molecular weight is 415 g/mol. The molecule has 0 unspecified atom stereocenters. The number of nitrogens with zero attached hydrogens (tertiary/aromatic N) is 1. The third-order valence-electron chi connectivity index (χ3n) is 5.29. The predicted octanol–water partition coefficient (Wildman–Crippen LogP) is 6.35. The molecule has 0 atom stereocenters. The highest BCUT2D eigenvalue weighted by molar-refractivity contribution is 7.80. The predicted molar refractivity (Wildman–Crippen MR) is 136 cm³/mol. The lowest BCUT2D eigenvalue weighted by atomic mass is 10.1. The molecule has 5 aromatic carbocycles. The lowest BCUT2D eigenvalue weighted by molar-refractivity contribution is 1.55. The van der Waals surface area contributed by atoms with Gasteiger partial charge in [-0.25, -0.2) is 0 Å². The highest BCUT2D eigenvalue weighted by Gasteiger charge is 2.18. The molecule has 0 aliphatic carbocycles. The standard InChI is InChI=1S/C29H22NP/c1-3-14-27(15-4-1)31(28-16-5-2-6-17-28)29-18-10-9-13-25(29)22-30-26-20-19-23-11-7-8-12-24(23)21-26/h1-22H. The van der Waals surface area contributed by atoms with Crippen molar-refractivity contribution >= 4 is 46.5 Å². The molecule has 0 saturated carbocycles. The van der Waals surface area contributed by atoms with Crippen LogP contribution >= 0.6 is 7.92 Å². The van der Waals surface area contributed by atoms with Crippen molar-refractivity contribution in [3.05, 3.63) is 133 Å². The van der Waals surface area contributed by atoms with E-state index in [4.69, 9.17) is 4.99 Å². The summed E-state index contributed by atoms with van der Waals surface area (Å²) in [5.74, 6) is 0. The number of benzene rings is 5. The lowest BCUT2D eigenvalue weighted by Crippen LogP contribution is -2.23. The number of hydrogen-bond donors (Lipinski definition) is 0. The molecule has 5 aromatic rings. The van der Waals surface area contributed by atoms with Gasteiger partial charge in [0.05, 0.1) is 5.69 Å². The minimum atomic E-state index is -0.667. The van der Waals surface area contributed by atoms with Crippen LogP contribution in [0, 0.1) is 0 Å². The monoisotopic (exact) mass is 415 g/mol. The number of rotatable bonds is 5. The lowest BCUT2D eigenvalue weighted by Gasteiger charge is -2.21. The maximum Gasteiger partial charge on any atom is 0.0636 e. The molecule has 0 aliphatic rings. The molecule has 148 valence electrons. The van der Waals surface area contributed by atoms with Crippen molar-refractivity contribution in [1.29, 1.82) is 0 Å². The second-order valence-electron chi connectivity index (χ2n) is 7.35. The normalized spacial score (nSPS) is 11.4. The summed E-state index contributed by atoms with van der Waals surface area (Å²) in [6.07, 6.45) is 2.01. The molecule has 5 rings (SSSR count). The Morgan fingerprint density at radius 3 is 1.81 bits per heavy atom. The highest BCUT2D eigenvalue weighted by Crippen LogP contribution is 2.33. The van der Waals surface area contributed by atoms with Crippen LogP contribution in [-0.2, 0) is 0 Å². The average Bonchev–Trinajstić information content (AvgIpc) is 2.85. The summed E-state index contributed by atoms with van der Waals surface area (Å²) in [5, 5.41) is 6.45. The number of aliphatic imine (C=N–C) groups is 1. The van der Waals surface area contributed by atoms with E-state index in [-0.39, 0.29) is 0 Å². The molecule has 0 spiro atoms. The van der Waals surface area contributed by atoms with E-state index in [1.807, 2.05) is 6.21 Å². The van der Waals surface area contributed by atoms with E-state index in [1.165, 1.54) is 26.7 Å². The summed E-state index contributed by atoms with van der Waals surface area (Å²) in [5.41, 5.74) is 2.13. The van der Waals surface area contributed by atoms with Gasteiger partial charge in [0.2, 0.25) is 0 Å². The van der Waals surface area contributed by atoms with Gasteiger partial charge in [-0.05, 0) is 46.7 Å². The summed E-state index contributed by atoms with van der Waals surface area (Å²) in [7, 11) is -0.667. The van der Waals surface area contributed by atoms with Gasteiger partial charge in [0.25, 0.3) is 0 Å². The summed E-state index contributed by atoms with van der Waals surface area (Å²) in [6.45, 7) is 0. The molecule has 0 fully saturated rings. The van der Waals surface area contributed by atoms with Crippen molar-refractivity contribution in [2.24, 2.45) is 4.99 Å². The van der Waals surface area contributed by atoms with Crippen molar-refractivity contribution in [3.63, 3.8) is 0 Å². The molecule has 0 radical (unpaired) electrons. The van der Waals surface area contributed by atoms with E-state index >= 15 is 0 Å². The maximum absolute atomic E-state index is 4.84. The Balaban J connectivity index is 1.57. The Hall–Kier alpha value is -3.54. The third-order valence-corrected chi connectivity index (χ3v) is 7.81. The van der Waals surface area contributed by atoms with Crippen molar-refractivity contribution < 1.29 is 0 Å². The highest BCUT2D eigenvalue weighted by atomic mass is 31.1. The zero-order chi connectivity index (χ0) is 20.9. The van der Waals surface area contributed by atoms with E-state index in [2.05, 4.69) is 127 Å². The molecular formula is C29H22NP. The number of hydrogen-bond acceptors (Lipinski definition) is 1. The fourth-order valence-electron chi connectivity index (χ4n) is 3.78. The zero-order valence-electron chi connectivity index (χ0n) is 17.1. The second kappa shape index (κ2) is 9.08. The van der Waals surface area contributed by atoms with Crippen molar-refractivity contribution in [2.45, 2.75) is 0 Å². The minimum absolute atomic E-state index is 0.667. The first-order chi connectivity index (χ1) is 15.4. The molecular weight excluding hydrogens is 393 g/mol. The fourth-order valence-corrected chi connectivity index (χ4v) is 6.20. The van der Waals surface area contributed by atoms with Crippen LogP contribution in [0.15, 0.2) is 132 Å². The molecule has 31 heavy (non-hydrogen) atoms. The molecule has 0 bridgehead atoms. The van der Waals surface area contributed by atoms with E-state index in [1.54, 1.807) is 0 Å². The summed E-state index contributed by atoms with van der Waals surface area (Å²) < 4.78 is 0. The first kappa shape index (κ1) is 19.4. The Labute approximate surface area is 184 Å². The van der Waals surface area contributed by atoms with E-state index in [0.717, 1.165) is 11.3 Å². The SMILES string of the molecule is C(=Nc1ccc2ccccc2c1)c1ccccc1P(c1ccccc1)c1ccccc1. The first-order valence-electron chi connectivity index (χ1n) is 10.4. The Kier molecular flexibility index (Phi) is 5.69. The summed E-state index contributed by atoms with van der Waals surface area (Å²) >= 11 is 0. The fraction of sp³-hybridized carbons (Fsp3) is 0. The maximum atomic E-state index is 4.84. The van der Waals surface area contributed by atoms with Crippen molar-refractivity contribution in [3.8, 4) is 0 Å². The quantitative estimate of drug-likeness (QED) is 0.234. The second-order valence-corrected chi connectivity index (χ2v) is 9.54. The zero-order valence-corrected chi connectivity index (χ0v) is 18.0. The molecule has 0 saturated heterocycles. The van der Waals surface area contributed by atoms with Gasteiger partial charge < -0.3 is 0 Å². The molecule has 0 aromatic heterocycles. The summed E-state index contributed by atoms with van der Waals surface area (Å²) in [6, 6.07) is 45.0. The van der Waals surface area contributed by atoms with Gasteiger partial charge in [-0.15, -0.1) is 0 Å². The van der Waals surface area contributed by atoms with Gasteiger partial charge in [-0.1, -0.05) is 115 Å². The van der Waals surface area contributed by atoms with Gasteiger partial charge >= 0.3 is 0 Å². The third kappa shape index (κ3) is 4.33. The van der Waals surface area contributed by atoms with Gasteiger partial charge in [0.15, 0.2) is 0 Å². The van der Waals surface area contributed by atoms with E-state index in [0.29, 0.717) is 0 Å². The molecule has 0 N–H and O–H groups in total. The van der Waals surface area contributed by atoms with Crippen LogP contribution in [0.1, 0.15) is 5.56 Å². The molecule has 1 nitrogen and oxygen atoms in total. The van der Waals surface area contributed by atoms with Crippen molar-refractivity contribution in [2.75, 3.05) is 0 Å². The van der Waals surface area contributed by atoms with Crippen LogP contribution in [-0.4, -0.2) is 6.21 Å². The van der Waals surface area contributed by atoms with E-state index < -0.39 is 7.92 Å². The van der Waals surface area contributed by atoms with Crippen LogP contribution < -0.4 is 15.9 Å². The van der Waals surface area contributed by atoms with Crippen LogP contribution in [0.3, 0.4) is 0 Å². The Morgan fingerprint density at radius 1 is 0.516 bits per heavy atom. The molecule has 2 heteroatoms. The molecule has 0 heterocycles. The van der Waals surface area contributed by atoms with Gasteiger partial charge in [0.1, 0.15) is 0 Å². The first-order valence-corrected chi connectivity index (χ1v) is 11.7. The smallest absolute Gasteiger partial charge is 0.0636 e. The van der Waals surface area contributed by atoms with Gasteiger partial charge in [-0.2, -0.15) is 0 Å². The minimum Gasteiger partial charge on any atom is -0.256 e. The molecule has 0 aliphatic heterocycles. The van der Waals surface area contributed by atoms with Gasteiger partial charge in [-0.3, -0.25) is 4.99 Å². The Morgan fingerprint density at radius 2 is 1.10 bits per heavy atom. The number of fused-ring (bicyclic) bond motifs is 1. The van der Waals surface area contributed by atoms with Crippen LogP contribution in [0.5, 0.6) is 0 Å². The van der Waals surface area contributed by atoms with Crippen LogP contribution in [0.2, 0.25) is 0 Å². The van der Waals surface area contributed by atoms with Crippen LogP contribution in [0.25, 0.3) is 10.8 Å². The van der Waals surface area contributed by atoms with Gasteiger partial charge in [0, 0.05) is 11.8 Å². The Bertz CT molecular complexity index is 1290. The summed E-state index contributed by atoms with van der Waals surface area (Å²) in [4.78, 5) is 4.84. The molecule has 0 amide bonds.